The highest BCUT2D eigenvalue weighted by molar-refractivity contribution is 5.93. The zero-order valence-electron chi connectivity index (χ0n) is 12.5. The van der Waals surface area contributed by atoms with Gasteiger partial charge in [-0.3, -0.25) is 4.79 Å². The van der Waals surface area contributed by atoms with Crippen LogP contribution < -0.4 is 5.73 Å². The Morgan fingerprint density at radius 1 is 1.52 bits per heavy atom. The second-order valence-corrected chi connectivity index (χ2v) is 5.48. The summed E-state index contributed by atoms with van der Waals surface area (Å²) in [6.45, 7) is 3.09. The van der Waals surface area contributed by atoms with E-state index in [0.29, 0.717) is 24.7 Å². The van der Waals surface area contributed by atoms with Crippen molar-refractivity contribution < 1.29 is 9.72 Å². The predicted octanol–water partition coefficient (Wildman–Crippen LogP) is 1.52. The molecule has 2 unspecified atom stereocenters. The van der Waals surface area contributed by atoms with E-state index in [-0.39, 0.29) is 17.8 Å². The molecule has 2 N–H and O–H groups in total. The van der Waals surface area contributed by atoms with Crippen molar-refractivity contribution in [2.75, 3.05) is 13.1 Å². The molecule has 7 nitrogen and oxygen atoms in total. The molecule has 0 aliphatic heterocycles. The Hall–Kier alpha value is -1.89. The quantitative estimate of drug-likeness (QED) is 0.658. The van der Waals surface area contributed by atoms with Gasteiger partial charge in [-0.2, -0.15) is 0 Å². The fourth-order valence-electron chi connectivity index (χ4n) is 3.28. The Morgan fingerprint density at radius 3 is 2.76 bits per heavy atom. The molecule has 0 saturated heterocycles. The largest absolute Gasteiger partial charge is 0.358 e. The van der Waals surface area contributed by atoms with Crippen molar-refractivity contribution in [3.05, 3.63) is 27.9 Å². The molecular formula is C14H22N4O3. The van der Waals surface area contributed by atoms with Crippen LogP contribution in [0, 0.1) is 16.0 Å². The molecule has 2 rings (SSSR count). The fraction of sp³-hybridized carbons (Fsp3) is 0.643. The third-order valence-corrected chi connectivity index (χ3v) is 4.43. The molecule has 1 aromatic heterocycles. The van der Waals surface area contributed by atoms with E-state index in [2.05, 4.69) is 0 Å². The highest BCUT2D eigenvalue weighted by Crippen LogP contribution is 2.30. The molecule has 1 fully saturated rings. The number of aromatic nitrogens is 1. The summed E-state index contributed by atoms with van der Waals surface area (Å²) >= 11 is 0. The maximum absolute atomic E-state index is 12.7. The molecule has 116 valence electrons. The maximum Gasteiger partial charge on any atom is 0.323 e. The van der Waals surface area contributed by atoms with Crippen molar-refractivity contribution in [2.45, 2.75) is 32.2 Å². The second-order valence-electron chi connectivity index (χ2n) is 5.48. The summed E-state index contributed by atoms with van der Waals surface area (Å²) in [6, 6.07) is 3.03. The van der Waals surface area contributed by atoms with Gasteiger partial charge < -0.3 is 20.7 Å². The summed E-state index contributed by atoms with van der Waals surface area (Å²) < 4.78 is 1.34. The van der Waals surface area contributed by atoms with E-state index < -0.39 is 4.92 Å². The molecule has 1 saturated carbocycles. The van der Waals surface area contributed by atoms with E-state index in [1.54, 1.807) is 7.05 Å². The van der Waals surface area contributed by atoms with Crippen molar-refractivity contribution in [2.24, 2.45) is 18.7 Å². The number of nitro groups is 1. The molecule has 0 radical (unpaired) electrons. The van der Waals surface area contributed by atoms with Crippen molar-refractivity contribution in [3.8, 4) is 0 Å². The Morgan fingerprint density at radius 2 is 2.24 bits per heavy atom. The Labute approximate surface area is 123 Å². The minimum atomic E-state index is -0.481. The molecule has 7 heteroatoms. The lowest BCUT2D eigenvalue weighted by molar-refractivity contribution is -0.391. The van der Waals surface area contributed by atoms with Crippen LogP contribution in [-0.4, -0.2) is 39.4 Å². The number of hydrogen-bond acceptors (Lipinski definition) is 4. The minimum Gasteiger partial charge on any atom is -0.358 e. The van der Waals surface area contributed by atoms with Gasteiger partial charge in [0.2, 0.25) is 0 Å². The summed E-state index contributed by atoms with van der Waals surface area (Å²) in [7, 11) is 1.55. The molecular weight excluding hydrogens is 272 g/mol. The molecule has 1 aliphatic carbocycles. The number of carbonyl (C=O) groups excluding carboxylic acids is 1. The van der Waals surface area contributed by atoms with Gasteiger partial charge in [0, 0.05) is 18.7 Å². The summed E-state index contributed by atoms with van der Waals surface area (Å²) in [4.78, 5) is 24.9. The zero-order valence-corrected chi connectivity index (χ0v) is 12.5. The van der Waals surface area contributed by atoms with Gasteiger partial charge in [-0.05, 0) is 43.2 Å². The number of hydrogen-bond donors (Lipinski definition) is 1. The molecule has 2 atom stereocenters. The number of nitrogens with two attached hydrogens (primary N) is 1. The van der Waals surface area contributed by atoms with Crippen molar-refractivity contribution in [1.82, 2.24) is 9.47 Å². The van der Waals surface area contributed by atoms with Crippen LogP contribution >= 0.6 is 0 Å². The molecule has 1 aliphatic rings. The van der Waals surface area contributed by atoms with Crippen LogP contribution in [0.2, 0.25) is 0 Å². The lowest BCUT2D eigenvalue weighted by Crippen LogP contribution is -2.44. The van der Waals surface area contributed by atoms with Crippen LogP contribution in [0.25, 0.3) is 0 Å². The lowest BCUT2D eigenvalue weighted by atomic mass is 10.0. The Bertz CT molecular complexity index is 540. The monoisotopic (exact) mass is 294 g/mol. The smallest absolute Gasteiger partial charge is 0.323 e. The fourth-order valence-corrected chi connectivity index (χ4v) is 3.28. The van der Waals surface area contributed by atoms with Crippen LogP contribution in [0.15, 0.2) is 12.1 Å². The average molecular weight is 294 g/mol. The number of carbonyl (C=O) groups is 1. The van der Waals surface area contributed by atoms with E-state index in [1.807, 2.05) is 11.8 Å². The van der Waals surface area contributed by atoms with E-state index in [4.69, 9.17) is 5.73 Å². The Balaban J connectivity index is 2.26. The van der Waals surface area contributed by atoms with Gasteiger partial charge in [0.1, 0.15) is 0 Å². The first kappa shape index (κ1) is 15.5. The lowest BCUT2D eigenvalue weighted by Gasteiger charge is -2.31. The minimum absolute atomic E-state index is 0.0730. The highest BCUT2D eigenvalue weighted by Gasteiger charge is 2.35. The standard InChI is InChI=1S/C14H22N4O3/c1-3-17(11-6-4-5-10(11)9-15)14(19)12-7-8-13(16(12)2)18(20)21/h7-8,10-11H,3-6,9,15H2,1-2H3. The molecule has 0 aromatic carbocycles. The summed E-state index contributed by atoms with van der Waals surface area (Å²) in [6.07, 6.45) is 3.07. The molecule has 0 bridgehead atoms. The topological polar surface area (TPSA) is 94.4 Å². The molecule has 21 heavy (non-hydrogen) atoms. The van der Waals surface area contributed by atoms with E-state index in [9.17, 15) is 14.9 Å². The molecule has 1 amide bonds. The first-order valence-electron chi connectivity index (χ1n) is 7.32. The van der Waals surface area contributed by atoms with Crippen molar-refractivity contribution in [3.63, 3.8) is 0 Å². The highest BCUT2D eigenvalue weighted by atomic mass is 16.6. The number of amides is 1. The van der Waals surface area contributed by atoms with Crippen LogP contribution in [0.1, 0.15) is 36.7 Å². The summed E-state index contributed by atoms with van der Waals surface area (Å²) in [5.41, 5.74) is 6.15. The summed E-state index contributed by atoms with van der Waals surface area (Å²) in [5.74, 6) is 0.0961. The van der Waals surface area contributed by atoms with Crippen LogP contribution in [0.4, 0.5) is 5.82 Å². The van der Waals surface area contributed by atoms with Gasteiger partial charge in [0.15, 0.2) is 5.69 Å². The van der Waals surface area contributed by atoms with E-state index in [0.717, 1.165) is 19.3 Å². The van der Waals surface area contributed by atoms with Gasteiger partial charge in [-0.15, -0.1) is 0 Å². The van der Waals surface area contributed by atoms with E-state index >= 15 is 0 Å². The third kappa shape index (κ3) is 2.78. The second kappa shape index (κ2) is 6.26. The van der Waals surface area contributed by atoms with Crippen molar-refractivity contribution >= 4 is 11.7 Å². The van der Waals surface area contributed by atoms with Gasteiger partial charge in [0.05, 0.1) is 7.05 Å². The predicted molar refractivity (Wildman–Crippen MR) is 79.0 cm³/mol. The third-order valence-electron chi connectivity index (χ3n) is 4.43. The van der Waals surface area contributed by atoms with E-state index in [1.165, 1.54) is 16.7 Å². The molecule has 1 aromatic rings. The van der Waals surface area contributed by atoms with Gasteiger partial charge in [0.25, 0.3) is 5.91 Å². The molecule has 1 heterocycles. The first-order valence-corrected chi connectivity index (χ1v) is 7.32. The Kier molecular flexibility index (Phi) is 4.62. The van der Waals surface area contributed by atoms with Crippen molar-refractivity contribution in [1.29, 1.82) is 0 Å². The van der Waals surface area contributed by atoms with Crippen LogP contribution in [0.5, 0.6) is 0 Å². The SMILES string of the molecule is CCN(C(=O)c1ccc([N+](=O)[O-])n1C)C1CCCC1CN. The normalized spacial score (nSPS) is 21.5. The first-order chi connectivity index (χ1) is 10.0. The zero-order chi connectivity index (χ0) is 15.6. The van der Waals surface area contributed by atoms with Gasteiger partial charge >= 0.3 is 5.82 Å². The average Bonchev–Trinajstić information content (AvgIpc) is 3.05. The number of nitrogens with zero attached hydrogens (tertiary/aromatic N) is 3. The van der Waals surface area contributed by atoms with Gasteiger partial charge in [-0.25, -0.2) is 4.57 Å². The molecule has 0 spiro atoms. The summed E-state index contributed by atoms with van der Waals surface area (Å²) in [5, 5.41) is 10.9. The van der Waals surface area contributed by atoms with Crippen LogP contribution in [0.3, 0.4) is 0 Å². The number of rotatable bonds is 5. The van der Waals surface area contributed by atoms with Crippen LogP contribution in [-0.2, 0) is 7.05 Å². The van der Waals surface area contributed by atoms with Gasteiger partial charge in [-0.1, -0.05) is 6.42 Å². The maximum atomic E-state index is 12.7.